The average molecular weight is 271 g/mol. The maximum absolute atomic E-state index is 5.76. The van der Waals surface area contributed by atoms with Gasteiger partial charge in [0.05, 0.1) is 0 Å². The third kappa shape index (κ3) is 4.76. The summed E-state index contributed by atoms with van der Waals surface area (Å²) in [5, 5.41) is 0. The fourth-order valence-corrected chi connectivity index (χ4v) is 1.99. The zero-order valence-corrected chi connectivity index (χ0v) is 11.0. The molecule has 1 heterocycles. The molecule has 15 heavy (non-hydrogen) atoms. The molecule has 3 heteroatoms. The maximum atomic E-state index is 5.76. The summed E-state index contributed by atoms with van der Waals surface area (Å²) in [5.74, 6) is 1.26. The Labute approximate surface area is 100 Å². The number of hydrogen-bond donors (Lipinski definition) is 1. The van der Waals surface area contributed by atoms with Crippen LogP contribution in [0, 0.1) is 11.8 Å². The normalized spacial score (nSPS) is 13.1. The Morgan fingerprint density at radius 3 is 2.60 bits per heavy atom. The quantitative estimate of drug-likeness (QED) is 0.894. The first-order valence-electron chi connectivity index (χ1n) is 5.42. The van der Waals surface area contributed by atoms with Crippen molar-refractivity contribution in [1.29, 1.82) is 0 Å². The van der Waals surface area contributed by atoms with Crippen molar-refractivity contribution in [1.82, 2.24) is 4.98 Å². The van der Waals surface area contributed by atoms with Gasteiger partial charge in [-0.25, -0.2) is 0 Å². The van der Waals surface area contributed by atoms with E-state index in [4.69, 9.17) is 5.73 Å². The van der Waals surface area contributed by atoms with Crippen molar-refractivity contribution in [2.75, 3.05) is 6.54 Å². The summed E-state index contributed by atoms with van der Waals surface area (Å²) < 4.78 is 1.03. The van der Waals surface area contributed by atoms with Crippen LogP contribution in [0.15, 0.2) is 22.8 Å². The second-order valence-corrected chi connectivity index (χ2v) is 5.32. The number of rotatable bonds is 5. The van der Waals surface area contributed by atoms with E-state index in [0.717, 1.165) is 23.1 Å². The van der Waals surface area contributed by atoms with Gasteiger partial charge in [-0.05, 0) is 59.3 Å². The molecule has 1 atom stereocenters. The molecule has 0 aliphatic carbocycles. The SMILES string of the molecule is CC(C)CC(CN)Cc1ccc(Br)cn1. The summed E-state index contributed by atoms with van der Waals surface area (Å²) in [6.45, 7) is 5.21. The van der Waals surface area contributed by atoms with E-state index in [1.54, 1.807) is 0 Å². The molecular weight excluding hydrogens is 252 g/mol. The van der Waals surface area contributed by atoms with E-state index in [1.807, 2.05) is 12.3 Å². The van der Waals surface area contributed by atoms with Gasteiger partial charge in [0.15, 0.2) is 0 Å². The van der Waals surface area contributed by atoms with Gasteiger partial charge >= 0.3 is 0 Å². The second-order valence-electron chi connectivity index (χ2n) is 4.40. The van der Waals surface area contributed by atoms with Crippen LogP contribution in [0.2, 0.25) is 0 Å². The first kappa shape index (κ1) is 12.7. The number of nitrogens with zero attached hydrogens (tertiary/aromatic N) is 1. The predicted octanol–water partition coefficient (Wildman–Crippen LogP) is 3.01. The van der Waals surface area contributed by atoms with E-state index in [-0.39, 0.29) is 0 Å². The third-order valence-corrected chi connectivity index (χ3v) is 2.89. The molecule has 0 aliphatic heterocycles. The summed E-state index contributed by atoms with van der Waals surface area (Å²) in [5.41, 5.74) is 6.90. The lowest BCUT2D eigenvalue weighted by atomic mass is 9.93. The van der Waals surface area contributed by atoms with Crippen molar-refractivity contribution >= 4 is 15.9 Å². The first-order chi connectivity index (χ1) is 7.11. The van der Waals surface area contributed by atoms with Gasteiger partial charge in [-0.3, -0.25) is 4.98 Å². The van der Waals surface area contributed by atoms with Gasteiger partial charge in [0.25, 0.3) is 0 Å². The van der Waals surface area contributed by atoms with Gasteiger partial charge in [0.1, 0.15) is 0 Å². The van der Waals surface area contributed by atoms with Crippen LogP contribution in [0.3, 0.4) is 0 Å². The lowest BCUT2D eigenvalue weighted by Crippen LogP contribution is -2.19. The third-order valence-electron chi connectivity index (χ3n) is 2.42. The zero-order chi connectivity index (χ0) is 11.3. The molecule has 2 nitrogen and oxygen atoms in total. The van der Waals surface area contributed by atoms with E-state index in [1.165, 1.54) is 6.42 Å². The van der Waals surface area contributed by atoms with Gasteiger partial charge in [-0.15, -0.1) is 0 Å². The van der Waals surface area contributed by atoms with Gasteiger partial charge in [0.2, 0.25) is 0 Å². The predicted molar refractivity (Wildman–Crippen MR) is 67.6 cm³/mol. The largest absolute Gasteiger partial charge is 0.330 e. The molecular formula is C12H19BrN2. The highest BCUT2D eigenvalue weighted by Gasteiger charge is 2.10. The van der Waals surface area contributed by atoms with Gasteiger partial charge in [-0.1, -0.05) is 13.8 Å². The van der Waals surface area contributed by atoms with Crippen LogP contribution in [0.25, 0.3) is 0 Å². The van der Waals surface area contributed by atoms with Crippen molar-refractivity contribution in [2.24, 2.45) is 17.6 Å². The van der Waals surface area contributed by atoms with Crippen molar-refractivity contribution in [2.45, 2.75) is 26.7 Å². The van der Waals surface area contributed by atoms with E-state index >= 15 is 0 Å². The van der Waals surface area contributed by atoms with Gasteiger partial charge < -0.3 is 5.73 Å². The molecule has 1 rings (SSSR count). The zero-order valence-electron chi connectivity index (χ0n) is 9.41. The number of aromatic nitrogens is 1. The van der Waals surface area contributed by atoms with Crippen LogP contribution in [-0.4, -0.2) is 11.5 Å². The highest BCUT2D eigenvalue weighted by Crippen LogP contribution is 2.16. The Morgan fingerprint density at radius 2 is 2.13 bits per heavy atom. The summed E-state index contributed by atoms with van der Waals surface area (Å²) >= 11 is 3.38. The van der Waals surface area contributed by atoms with Crippen molar-refractivity contribution in [3.05, 3.63) is 28.5 Å². The minimum Gasteiger partial charge on any atom is -0.330 e. The standard InChI is InChI=1S/C12H19BrN2/c1-9(2)5-10(7-14)6-12-4-3-11(13)8-15-12/h3-4,8-10H,5-7,14H2,1-2H3. The van der Waals surface area contributed by atoms with Crippen LogP contribution < -0.4 is 5.73 Å². The Kier molecular flexibility index (Phi) is 5.26. The molecule has 0 aliphatic rings. The van der Waals surface area contributed by atoms with Crippen molar-refractivity contribution < 1.29 is 0 Å². The molecule has 84 valence electrons. The van der Waals surface area contributed by atoms with E-state index < -0.39 is 0 Å². The number of hydrogen-bond acceptors (Lipinski definition) is 2. The highest BCUT2D eigenvalue weighted by atomic mass is 79.9. The first-order valence-corrected chi connectivity index (χ1v) is 6.21. The summed E-state index contributed by atoms with van der Waals surface area (Å²) in [6.07, 6.45) is 4.01. The fraction of sp³-hybridized carbons (Fsp3) is 0.583. The molecule has 1 aromatic heterocycles. The summed E-state index contributed by atoms with van der Waals surface area (Å²) in [7, 11) is 0. The Morgan fingerprint density at radius 1 is 1.40 bits per heavy atom. The molecule has 0 amide bonds. The minimum atomic E-state index is 0.554. The van der Waals surface area contributed by atoms with Gasteiger partial charge in [0, 0.05) is 16.4 Å². The molecule has 0 fully saturated rings. The highest BCUT2D eigenvalue weighted by molar-refractivity contribution is 9.10. The molecule has 1 aromatic rings. The number of halogens is 1. The molecule has 0 saturated carbocycles. The van der Waals surface area contributed by atoms with Crippen LogP contribution in [0.1, 0.15) is 26.0 Å². The van der Waals surface area contributed by atoms with Crippen LogP contribution >= 0.6 is 15.9 Å². The number of pyridine rings is 1. The maximum Gasteiger partial charge on any atom is 0.0413 e. The van der Waals surface area contributed by atoms with Crippen LogP contribution in [0.5, 0.6) is 0 Å². The average Bonchev–Trinajstić information content (AvgIpc) is 2.19. The Balaban J connectivity index is 2.54. The fourth-order valence-electron chi connectivity index (χ4n) is 1.75. The van der Waals surface area contributed by atoms with E-state index in [9.17, 15) is 0 Å². The van der Waals surface area contributed by atoms with Crippen LogP contribution in [-0.2, 0) is 6.42 Å². The molecule has 0 radical (unpaired) electrons. The minimum absolute atomic E-state index is 0.554. The molecule has 1 unspecified atom stereocenters. The molecule has 0 aromatic carbocycles. The van der Waals surface area contributed by atoms with E-state index in [0.29, 0.717) is 11.8 Å². The molecule has 0 spiro atoms. The molecule has 0 saturated heterocycles. The Hall–Kier alpha value is -0.410. The summed E-state index contributed by atoms with van der Waals surface area (Å²) in [6, 6.07) is 4.10. The summed E-state index contributed by atoms with van der Waals surface area (Å²) in [4.78, 5) is 4.37. The van der Waals surface area contributed by atoms with Gasteiger partial charge in [-0.2, -0.15) is 0 Å². The molecule has 2 N–H and O–H groups in total. The Bertz CT molecular complexity index is 282. The van der Waals surface area contributed by atoms with Crippen molar-refractivity contribution in [3.8, 4) is 0 Å². The topological polar surface area (TPSA) is 38.9 Å². The van der Waals surface area contributed by atoms with E-state index in [2.05, 4.69) is 40.8 Å². The van der Waals surface area contributed by atoms with Crippen molar-refractivity contribution in [3.63, 3.8) is 0 Å². The molecule has 0 bridgehead atoms. The van der Waals surface area contributed by atoms with Crippen LogP contribution in [0.4, 0.5) is 0 Å². The second kappa shape index (κ2) is 6.23. The lowest BCUT2D eigenvalue weighted by Gasteiger charge is -2.16. The number of nitrogens with two attached hydrogens (primary N) is 1. The monoisotopic (exact) mass is 270 g/mol. The smallest absolute Gasteiger partial charge is 0.0413 e. The lowest BCUT2D eigenvalue weighted by molar-refractivity contribution is 0.412.